The van der Waals surface area contributed by atoms with E-state index in [-0.39, 0.29) is 5.69 Å². The van der Waals surface area contributed by atoms with Gasteiger partial charge in [0.1, 0.15) is 0 Å². The fraction of sp³-hybridized carbons (Fsp3) is 0.308. The van der Waals surface area contributed by atoms with Crippen LogP contribution in [-0.4, -0.2) is 24.1 Å². The molecule has 0 unspecified atom stereocenters. The Morgan fingerprint density at radius 3 is 3.00 bits per heavy atom. The molecule has 0 amide bonds. The smallest absolute Gasteiger partial charge is 0.331 e. The zero-order valence-electron chi connectivity index (χ0n) is 10.4. The predicted molar refractivity (Wildman–Crippen MR) is 67.4 cm³/mol. The maximum absolute atomic E-state index is 11.4. The number of nitrogens with zero attached hydrogens (tertiary/aromatic N) is 1. The van der Waals surface area contributed by atoms with E-state index in [0.717, 1.165) is 5.56 Å². The molecule has 0 atom stereocenters. The lowest BCUT2D eigenvalue weighted by atomic mass is 9.97. The van der Waals surface area contributed by atoms with Crippen LogP contribution in [0.5, 0.6) is 0 Å². The van der Waals surface area contributed by atoms with E-state index in [4.69, 9.17) is 9.47 Å². The molecule has 0 spiro atoms. The van der Waals surface area contributed by atoms with E-state index in [1.54, 1.807) is 13.0 Å². The van der Waals surface area contributed by atoms with E-state index in [0.29, 0.717) is 31.0 Å². The number of benzene rings is 1. The van der Waals surface area contributed by atoms with Gasteiger partial charge in [0.05, 0.1) is 24.7 Å². The summed E-state index contributed by atoms with van der Waals surface area (Å²) < 4.78 is 10.2. The van der Waals surface area contributed by atoms with Crippen LogP contribution < -0.4 is 0 Å². The standard InChI is InChI=1S/C13H13NO5/c1-2-19-13(15)6-10-8-18-7-9-5-11(14(16)17)3-4-12(9)10/h3-6H,2,7-8H2,1H3. The molecule has 0 saturated carbocycles. The molecule has 0 bridgehead atoms. The lowest BCUT2D eigenvalue weighted by Crippen LogP contribution is -2.11. The monoisotopic (exact) mass is 263 g/mol. The van der Waals surface area contributed by atoms with Crippen LogP contribution in [0.25, 0.3) is 5.57 Å². The number of ether oxygens (including phenoxy) is 2. The summed E-state index contributed by atoms with van der Waals surface area (Å²) >= 11 is 0. The van der Waals surface area contributed by atoms with E-state index in [1.165, 1.54) is 18.2 Å². The molecule has 0 saturated heterocycles. The summed E-state index contributed by atoms with van der Waals surface area (Å²) in [6.45, 7) is 2.63. The Labute approximate surface area is 109 Å². The largest absolute Gasteiger partial charge is 0.463 e. The van der Waals surface area contributed by atoms with Gasteiger partial charge in [-0.1, -0.05) is 0 Å². The summed E-state index contributed by atoms with van der Waals surface area (Å²) in [7, 11) is 0. The van der Waals surface area contributed by atoms with Gasteiger partial charge >= 0.3 is 5.97 Å². The van der Waals surface area contributed by atoms with Gasteiger partial charge in [-0.15, -0.1) is 0 Å². The second-order valence-electron chi connectivity index (χ2n) is 4.01. The number of hydrogen-bond donors (Lipinski definition) is 0. The summed E-state index contributed by atoms with van der Waals surface area (Å²) in [5.41, 5.74) is 2.19. The van der Waals surface area contributed by atoms with E-state index >= 15 is 0 Å². The minimum absolute atomic E-state index is 0.0136. The second kappa shape index (κ2) is 5.62. The normalized spacial score (nSPS) is 15.9. The van der Waals surface area contributed by atoms with Crippen LogP contribution in [0.3, 0.4) is 0 Å². The van der Waals surface area contributed by atoms with Crippen LogP contribution in [-0.2, 0) is 20.9 Å². The Kier molecular flexibility index (Phi) is 3.91. The summed E-state index contributed by atoms with van der Waals surface area (Å²) in [5, 5.41) is 10.7. The summed E-state index contributed by atoms with van der Waals surface area (Å²) in [4.78, 5) is 21.7. The van der Waals surface area contributed by atoms with Crippen LogP contribution in [0.15, 0.2) is 24.3 Å². The average molecular weight is 263 g/mol. The molecule has 0 radical (unpaired) electrons. The highest BCUT2D eigenvalue weighted by atomic mass is 16.6. The van der Waals surface area contributed by atoms with Gasteiger partial charge in [-0.2, -0.15) is 0 Å². The molecule has 0 fully saturated rings. The first kappa shape index (κ1) is 13.2. The SMILES string of the molecule is CCOC(=O)C=C1COCc2cc([N+](=O)[O-])ccc21. The number of nitro groups is 1. The number of hydrogen-bond acceptors (Lipinski definition) is 5. The van der Waals surface area contributed by atoms with Crippen molar-refractivity contribution in [2.45, 2.75) is 13.5 Å². The van der Waals surface area contributed by atoms with Crippen molar-refractivity contribution in [3.8, 4) is 0 Å². The predicted octanol–water partition coefficient (Wildman–Crippen LogP) is 2.07. The number of non-ortho nitro benzene ring substituents is 1. The zero-order chi connectivity index (χ0) is 13.8. The molecule has 1 aliphatic heterocycles. The van der Waals surface area contributed by atoms with Crippen molar-refractivity contribution in [2.75, 3.05) is 13.2 Å². The maximum Gasteiger partial charge on any atom is 0.331 e. The van der Waals surface area contributed by atoms with E-state index < -0.39 is 10.9 Å². The van der Waals surface area contributed by atoms with Gasteiger partial charge < -0.3 is 9.47 Å². The van der Waals surface area contributed by atoms with Gasteiger partial charge in [-0.3, -0.25) is 10.1 Å². The van der Waals surface area contributed by atoms with Gasteiger partial charge in [0, 0.05) is 18.2 Å². The first-order valence-electron chi connectivity index (χ1n) is 5.84. The van der Waals surface area contributed by atoms with E-state index in [1.807, 2.05) is 0 Å². The topological polar surface area (TPSA) is 78.7 Å². The summed E-state index contributed by atoms with van der Waals surface area (Å²) in [6.07, 6.45) is 1.37. The number of rotatable bonds is 3. The molecular formula is C13H13NO5. The number of nitro benzene ring substituents is 1. The molecule has 2 rings (SSSR count). The Balaban J connectivity index is 2.34. The maximum atomic E-state index is 11.4. The Hall–Kier alpha value is -2.21. The molecule has 1 heterocycles. The minimum atomic E-state index is -0.455. The second-order valence-corrected chi connectivity index (χ2v) is 4.01. The quantitative estimate of drug-likeness (QED) is 0.361. The first-order valence-corrected chi connectivity index (χ1v) is 5.84. The number of fused-ring (bicyclic) bond motifs is 1. The summed E-state index contributed by atoms with van der Waals surface area (Å²) in [5.74, 6) is -0.438. The Morgan fingerprint density at radius 1 is 1.53 bits per heavy atom. The molecule has 1 aromatic rings. The molecule has 19 heavy (non-hydrogen) atoms. The third-order valence-electron chi connectivity index (χ3n) is 2.74. The Morgan fingerprint density at radius 2 is 2.32 bits per heavy atom. The molecule has 1 aliphatic rings. The molecule has 0 aliphatic carbocycles. The minimum Gasteiger partial charge on any atom is -0.463 e. The highest BCUT2D eigenvalue weighted by Gasteiger charge is 2.19. The van der Waals surface area contributed by atoms with Gasteiger partial charge in [0.25, 0.3) is 5.69 Å². The van der Waals surface area contributed by atoms with Gasteiger partial charge in [0.15, 0.2) is 0 Å². The van der Waals surface area contributed by atoms with Crippen LogP contribution in [0, 0.1) is 10.1 Å². The fourth-order valence-corrected chi connectivity index (χ4v) is 1.92. The third kappa shape index (κ3) is 2.97. The first-order chi connectivity index (χ1) is 9.11. The summed E-state index contributed by atoms with van der Waals surface area (Å²) in [6, 6.07) is 4.53. The number of carbonyl (C=O) groups is 1. The molecule has 100 valence electrons. The highest BCUT2D eigenvalue weighted by molar-refractivity contribution is 5.92. The van der Waals surface area contributed by atoms with Crippen molar-refractivity contribution in [3.63, 3.8) is 0 Å². The van der Waals surface area contributed by atoms with Crippen molar-refractivity contribution < 1.29 is 19.2 Å². The molecule has 1 aromatic carbocycles. The van der Waals surface area contributed by atoms with Gasteiger partial charge in [-0.05, 0) is 29.7 Å². The molecular weight excluding hydrogens is 250 g/mol. The van der Waals surface area contributed by atoms with Crippen molar-refractivity contribution in [2.24, 2.45) is 0 Å². The zero-order valence-corrected chi connectivity index (χ0v) is 10.4. The number of esters is 1. The van der Waals surface area contributed by atoms with Crippen LogP contribution in [0.1, 0.15) is 18.1 Å². The third-order valence-corrected chi connectivity index (χ3v) is 2.74. The molecule has 6 heteroatoms. The van der Waals surface area contributed by atoms with E-state index in [9.17, 15) is 14.9 Å². The van der Waals surface area contributed by atoms with Crippen molar-refractivity contribution in [1.29, 1.82) is 0 Å². The van der Waals surface area contributed by atoms with E-state index in [2.05, 4.69) is 0 Å². The van der Waals surface area contributed by atoms with Gasteiger partial charge in [0.2, 0.25) is 0 Å². The molecule has 0 N–H and O–H groups in total. The van der Waals surface area contributed by atoms with Crippen LogP contribution >= 0.6 is 0 Å². The fourth-order valence-electron chi connectivity index (χ4n) is 1.92. The molecule has 0 aromatic heterocycles. The average Bonchev–Trinajstić information content (AvgIpc) is 2.38. The van der Waals surface area contributed by atoms with Crippen LogP contribution in [0.4, 0.5) is 5.69 Å². The lowest BCUT2D eigenvalue weighted by molar-refractivity contribution is -0.385. The number of carbonyl (C=O) groups excluding carboxylic acids is 1. The molecule has 6 nitrogen and oxygen atoms in total. The Bertz CT molecular complexity index is 550. The van der Waals surface area contributed by atoms with Crippen molar-refractivity contribution >= 4 is 17.2 Å². The van der Waals surface area contributed by atoms with Crippen molar-refractivity contribution in [1.82, 2.24) is 0 Å². The lowest BCUT2D eigenvalue weighted by Gasteiger charge is -2.19. The highest BCUT2D eigenvalue weighted by Crippen LogP contribution is 2.28. The van der Waals surface area contributed by atoms with Crippen LogP contribution in [0.2, 0.25) is 0 Å². The van der Waals surface area contributed by atoms with Crippen molar-refractivity contribution in [3.05, 3.63) is 45.5 Å². The van der Waals surface area contributed by atoms with Gasteiger partial charge in [-0.25, -0.2) is 4.79 Å².